The summed E-state index contributed by atoms with van der Waals surface area (Å²) in [5, 5.41) is 19.9. The lowest BCUT2D eigenvalue weighted by Gasteiger charge is -2.18. The van der Waals surface area contributed by atoms with Crippen LogP contribution in [0.5, 0.6) is 0 Å². The van der Waals surface area contributed by atoms with E-state index in [1.807, 2.05) is 12.1 Å². The summed E-state index contributed by atoms with van der Waals surface area (Å²) in [6, 6.07) is 8.17. The number of H-pyrrole nitrogens is 1. The smallest absolute Gasteiger partial charge is 0.272 e. The molecular formula is C19H24N4O2. The van der Waals surface area contributed by atoms with Gasteiger partial charge in [0.2, 0.25) is 0 Å². The molecular weight excluding hydrogens is 316 g/mol. The highest BCUT2D eigenvalue weighted by molar-refractivity contribution is 5.94. The van der Waals surface area contributed by atoms with Crippen molar-refractivity contribution in [3.63, 3.8) is 0 Å². The summed E-state index contributed by atoms with van der Waals surface area (Å²) in [6.07, 6.45) is 3.63. The van der Waals surface area contributed by atoms with Gasteiger partial charge in [-0.1, -0.05) is 24.3 Å². The number of carbonyl (C=O) groups is 1. The molecule has 0 radical (unpaired) electrons. The maximum Gasteiger partial charge on any atom is 0.272 e. The van der Waals surface area contributed by atoms with E-state index in [2.05, 4.69) is 32.5 Å². The van der Waals surface area contributed by atoms with Gasteiger partial charge >= 0.3 is 0 Å². The number of aliphatic hydroxyl groups excluding tert-OH is 1. The van der Waals surface area contributed by atoms with Crippen LogP contribution < -0.4 is 5.32 Å². The number of nitrogens with zero attached hydrogens (tertiary/aromatic N) is 2. The number of fused-ring (bicyclic) bond motifs is 1. The third kappa shape index (κ3) is 3.45. The van der Waals surface area contributed by atoms with Crippen LogP contribution in [0.3, 0.4) is 0 Å². The highest BCUT2D eigenvalue weighted by Crippen LogP contribution is 2.23. The van der Waals surface area contributed by atoms with E-state index in [1.54, 1.807) is 0 Å². The number of aliphatic hydroxyl groups is 1. The molecule has 1 aliphatic heterocycles. The number of β-amino-alcohol motifs (C(OH)–C–C–N with tert-alkyl or cyclic N) is 1. The Bertz CT molecular complexity index is 771. The molecule has 1 aromatic carbocycles. The first-order valence-electron chi connectivity index (χ1n) is 9.02. The monoisotopic (exact) mass is 340 g/mol. The number of aryl methyl sites for hydroxylation is 1. The molecule has 132 valence electrons. The molecule has 0 unspecified atom stereocenters. The minimum atomic E-state index is -0.214. The Balaban J connectivity index is 1.41. The van der Waals surface area contributed by atoms with Crippen LogP contribution in [0.4, 0.5) is 0 Å². The van der Waals surface area contributed by atoms with Crippen LogP contribution in [0.25, 0.3) is 0 Å². The van der Waals surface area contributed by atoms with Crippen molar-refractivity contribution < 1.29 is 9.90 Å². The fraction of sp³-hybridized carbons (Fsp3) is 0.474. The zero-order valence-electron chi connectivity index (χ0n) is 14.3. The number of hydrogen-bond donors (Lipinski definition) is 3. The second kappa shape index (κ2) is 6.98. The SMILES string of the molecule is O=C(NCc1ccccc1CN1CC[C@H](O)C1)c1n[nH]c2c1CCC2. The van der Waals surface area contributed by atoms with E-state index in [0.29, 0.717) is 12.2 Å². The second-order valence-electron chi connectivity index (χ2n) is 7.01. The van der Waals surface area contributed by atoms with Crippen LogP contribution in [0.1, 0.15) is 45.7 Å². The molecule has 0 bridgehead atoms. The number of likely N-dealkylation sites (tertiary alicyclic amines) is 1. The van der Waals surface area contributed by atoms with Crippen LogP contribution in [0, 0.1) is 0 Å². The van der Waals surface area contributed by atoms with Gasteiger partial charge in [-0.3, -0.25) is 14.8 Å². The topological polar surface area (TPSA) is 81.2 Å². The first kappa shape index (κ1) is 16.3. The average Bonchev–Trinajstić information content (AvgIpc) is 3.31. The van der Waals surface area contributed by atoms with Gasteiger partial charge in [-0.2, -0.15) is 5.10 Å². The molecule has 6 heteroatoms. The molecule has 1 aromatic heterocycles. The van der Waals surface area contributed by atoms with Gasteiger partial charge in [-0.25, -0.2) is 0 Å². The Kier molecular flexibility index (Phi) is 4.55. The van der Waals surface area contributed by atoms with Crippen molar-refractivity contribution in [3.05, 3.63) is 52.3 Å². The van der Waals surface area contributed by atoms with Gasteiger partial charge in [0.1, 0.15) is 0 Å². The summed E-state index contributed by atoms with van der Waals surface area (Å²) in [6.45, 7) is 2.94. The van der Waals surface area contributed by atoms with E-state index in [4.69, 9.17) is 0 Å². The molecule has 0 spiro atoms. The summed E-state index contributed by atoms with van der Waals surface area (Å²) < 4.78 is 0. The van der Waals surface area contributed by atoms with E-state index < -0.39 is 0 Å². The Hall–Kier alpha value is -2.18. The summed E-state index contributed by atoms with van der Waals surface area (Å²) >= 11 is 0. The van der Waals surface area contributed by atoms with Crippen molar-refractivity contribution >= 4 is 5.91 Å². The standard InChI is InChI=1S/C19H24N4O2/c24-15-8-9-23(12-15)11-14-5-2-1-4-13(14)10-20-19(25)18-16-6-3-7-17(16)21-22-18/h1-2,4-5,15,24H,3,6-12H2,(H,20,25)(H,21,22)/t15-/m0/s1. The number of carbonyl (C=O) groups excluding carboxylic acids is 1. The third-order valence-electron chi connectivity index (χ3n) is 5.22. The summed E-state index contributed by atoms with van der Waals surface area (Å²) in [5.41, 5.74) is 5.05. The van der Waals surface area contributed by atoms with Gasteiger partial charge in [0.15, 0.2) is 5.69 Å². The predicted molar refractivity (Wildman–Crippen MR) is 94.1 cm³/mol. The second-order valence-corrected chi connectivity index (χ2v) is 7.01. The van der Waals surface area contributed by atoms with Crippen molar-refractivity contribution in [3.8, 4) is 0 Å². The normalized spacial score (nSPS) is 20.0. The van der Waals surface area contributed by atoms with Crippen LogP contribution >= 0.6 is 0 Å². The van der Waals surface area contributed by atoms with E-state index in [1.165, 1.54) is 5.56 Å². The Morgan fingerprint density at radius 3 is 2.96 bits per heavy atom. The number of benzene rings is 1. The minimum Gasteiger partial charge on any atom is -0.392 e. The zero-order chi connectivity index (χ0) is 17.2. The van der Waals surface area contributed by atoms with Crippen LogP contribution in [-0.2, 0) is 25.9 Å². The molecule has 4 rings (SSSR count). The van der Waals surface area contributed by atoms with Crippen LogP contribution in [0.15, 0.2) is 24.3 Å². The van der Waals surface area contributed by atoms with Gasteiger partial charge in [0.05, 0.1) is 6.10 Å². The van der Waals surface area contributed by atoms with Crippen molar-refractivity contribution in [2.45, 2.75) is 44.9 Å². The van der Waals surface area contributed by atoms with Gasteiger partial charge in [0.25, 0.3) is 5.91 Å². The van der Waals surface area contributed by atoms with Gasteiger partial charge in [0, 0.05) is 37.4 Å². The molecule has 3 N–H and O–H groups in total. The van der Waals surface area contributed by atoms with Gasteiger partial charge in [-0.05, 0) is 36.8 Å². The molecule has 2 aromatic rings. The van der Waals surface area contributed by atoms with Gasteiger partial charge < -0.3 is 10.4 Å². The Morgan fingerprint density at radius 1 is 1.32 bits per heavy atom. The third-order valence-corrected chi connectivity index (χ3v) is 5.22. The number of nitrogens with one attached hydrogen (secondary N) is 2. The number of rotatable bonds is 5. The van der Waals surface area contributed by atoms with Crippen molar-refractivity contribution in [1.29, 1.82) is 0 Å². The molecule has 6 nitrogen and oxygen atoms in total. The lowest BCUT2D eigenvalue weighted by Crippen LogP contribution is -2.26. The summed E-state index contributed by atoms with van der Waals surface area (Å²) in [4.78, 5) is 14.8. The molecule has 1 amide bonds. The number of hydrogen-bond acceptors (Lipinski definition) is 4. The molecule has 2 heterocycles. The van der Waals surface area contributed by atoms with E-state index in [-0.39, 0.29) is 12.0 Å². The van der Waals surface area contributed by atoms with E-state index in [0.717, 1.165) is 62.1 Å². The van der Waals surface area contributed by atoms with Crippen LogP contribution in [-0.4, -0.2) is 45.3 Å². The Labute approximate surface area is 147 Å². The molecule has 0 saturated carbocycles. The highest BCUT2D eigenvalue weighted by atomic mass is 16.3. The molecule has 1 aliphatic carbocycles. The average molecular weight is 340 g/mol. The van der Waals surface area contributed by atoms with E-state index >= 15 is 0 Å². The quantitative estimate of drug-likeness (QED) is 0.768. The largest absolute Gasteiger partial charge is 0.392 e. The fourth-order valence-corrected chi connectivity index (χ4v) is 3.85. The number of amides is 1. The molecule has 1 fully saturated rings. The number of aromatic amines is 1. The summed E-state index contributed by atoms with van der Waals surface area (Å²) in [7, 11) is 0. The van der Waals surface area contributed by atoms with Crippen molar-refractivity contribution in [1.82, 2.24) is 20.4 Å². The molecule has 1 saturated heterocycles. The van der Waals surface area contributed by atoms with E-state index in [9.17, 15) is 9.90 Å². The molecule has 1 atom stereocenters. The minimum absolute atomic E-state index is 0.106. The Morgan fingerprint density at radius 2 is 2.16 bits per heavy atom. The summed E-state index contributed by atoms with van der Waals surface area (Å²) in [5.74, 6) is -0.106. The fourth-order valence-electron chi connectivity index (χ4n) is 3.85. The van der Waals surface area contributed by atoms with Gasteiger partial charge in [-0.15, -0.1) is 0 Å². The number of aromatic nitrogens is 2. The van der Waals surface area contributed by atoms with Crippen molar-refractivity contribution in [2.24, 2.45) is 0 Å². The van der Waals surface area contributed by atoms with Crippen molar-refractivity contribution in [2.75, 3.05) is 13.1 Å². The lowest BCUT2D eigenvalue weighted by molar-refractivity contribution is 0.0945. The van der Waals surface area contributed by atoms with Crippen LogP contribution in [0.2, 0.25) is 0 Å². The predicted octanol–water partition coefficient (Wildman–Crippen LogP) is 1.39. The maximum absolute atomic E-state index is 12.5. The highest BCUT2D eigenvalue weighted by Gasteiger charge is 2.23. The molecule has 2 aliphatic rings. The first-order chi connectivity index (χ1) is 12.2. The zero-order valence-corrected chi connectivity index (χ0v) is 14.3. The lowest BCUT2D eigenvalue weighted by atomic mass is 10.1. The first-order valence-corrected chi connectivity index (χ1v) is 9.02. The molecule has 25 heavy (non-hydrogen) atoms. The maximum atomic E-state index is 12.5.